The first-order valence-electron chi connectivity index (χ1n) is 5.62. The predicted molar refractivity (Wildman–Crippen MR) is 59.6 cm³/mol. The van der Waals surface area contributed by atoms with E-state index in [-0.39, 0.29) is 12.5 Å². The van der Waals surface area contributed by atoms with Crippen LogP contribution in [0.4, 0.5) is 0 Å². The van der Waals surface area contributed by atoms with Crippen LogP contribution in [0, 0.1) is 12.8 Å². The van der Waals surface area contributed by atoms with Crippen LogP contribution in [0.1, 0.15) is 29.0 Å². The highest BCUT2D eigenvalue weighted by Crippen LogP contribution is 2.18. The lowest BCUT2D eigenvalue weighted by Crippen LogP contribution is -2.42. The van der Waals surface area contributed by atoms with Crippen molar-refractivity contribution in [1.82, 2.24) is 15.1 Å². The summed E-state index contributed by atoms with van der Waals surface area (Å²) >= 11 is 0. The summed E-state index contributed by atoms with van der Waals surface area (Å²) in [5.74, 6) is -1.48. The third-order valence-electron chi connectivity index (χ3n) is 2.98. The summed E-state index contributed by atoms with van der Waals surface area (Å²) in [4.78, 5) is 24.5. The minimum Gasteiger partial charge on any atom is -0.481 e. The van der Waals surface area contributed by atoms with Crippen molar-refractivity contribution < 1.29 is 14.7 Å². The summed E-state index contributed by atoms with van der Waals surface area (Å²) in [5, 5.41) is 15.6. The monoisotopic (exact) mass is 237 g/mol. The molecule has 0 bridgehead atoms. The Bertz CT molecular complexity index is 441. The molecule has 0 aliphatic carbocycles. The van der Waals surface area contributed by atoms with Crippen molar-refractivity contribution >= 4 is 11.9 Å². The summed E-state index contributed by atoms with van der Waals surface area (Å²) in [5.41, 5.74) is 1.17. The lowest BCUT2D eigenvalue weighted by atomic mass is 9.98. The second kappa shape index (κ2) is 4.57. The molecule has 1 amide bonds. The maximum Gasteiger partial charge on any atom is 0.308 e. The van der Waals surface area contributed by atoms with Crippen molar-refractivity contribution in [2.24, 2.45) is 5.92 Å². The summed E-state index contributed by atoms with van der Waals surface area (Å²) < 4.78 is 0. The van der Waals surface area contributed by atoms with Crippen LogP contribution in [-0.2, 0) is 4.79 Å². The number of piperidine rings is 1. The molecule has 1 aliphatic rings. The number of hydrogen-bond donors (Lipinski definition) is 2. The van der Waals surface area contributed by atoms with E-state index < -0.39 is 11.9 Å². The van der Waals surface area contributed by atoms with Gasteiger partial charge < -0.3 is 10.0 Å². The van der Waals surface area contributed by atoms with Gasteiger partial charge in [0, 0.05) is 18.8 Å². The predicted octanol–water partition coefficient (Wildman–Crippen LogP) is 0.655. The molecule has 1 aromatic heterocycles. The first kappa shape index (κ1) is 11.6. The van der Waals surface area contributed by atoms with E-state index in [0.29, 0.717) is 18.7 Å². The Labute approximate surface area is 98.6 Å². The molecule has 17 heavy (non-hydrogen) atoms. The van der Waals surface area contributed by atoms with Crippen molar-refractivity contribution in [1.29, 1.82) is 0 Å². The fraction of sp³-hybridized carbons (Fsp3) is 0.545. The number of carbonyl (C=O) groups excluding carboxylic acids is 1. The highest BCUT2D eigenvalue weighted by molar-refractivity contribution is 5.92. The van der Waals surface area contributed by atoms with Crippen LogP contribution in [0.2, 0.25) is 0 Å². The van der Waals surface area contributed by atoms with Crippen LogP contribution in [0.25, 0.3) is 0 Å². The van der Waals surface area contributed by atoms with Gasteiger partial charge in [-0.3, -0.25) is 14.7 Å². The number of aryl methyl sites for hydroxylation is 1. The lowest BCUT2D eigenvalue weighted by molar-refractivity contribution is -0.143. The third kappa shape index (κ3) is 2.46. The molecule has 0 radical (unpaired) electrons. The van der Waals surface area contributed by atoms with Crippen molar-refractivity contribution in [3.05, 3.63) is 17.5 Å². The van der Waals surface area contributed by atoms with Gasteiger partial charge in [0.2, 0.25) is 0 Å². The van der Waals surface area contributed by atoms with Crippen molar-refractivity contribution in [3.8, 4) is 0 Å². The van der Waals surface area contributed by atoms with Gasteiger partial charge in [-0.1, -0.05) is 0 Å². The van der Waals surface area contributed by atoms with Crippen molar-refractivity contribution in [3.63, 3.8) is 0 Å². The average Bonchev–Trinajstić information content (AvgIpc) is 2.75. The zero-order chi connectivity index (χ0) is 12.4. The minimum absolute atomic E-state index is 0.194. The van der Waals surface area contributed by atoms with Gasteiger partial charge in [0.25, 0.3) is 5.91 Å². The topological polar surface area (TPSA) is 86.3 Å². The average molecular weight is 237 g/mol. The van der Waals surface area contributed by atoms with E-state index in [0.717, 1.165) is 12.1 Å². The second-order valence-corrected chi connectivity index (χ2v) is 4.36. The highest BCUT2D eigenvalue weighted by Gasteiger charge is 2.29. The molecule has 0 saturated carbocycles. The number of carboxylic acids is 1. The molecule has 1 aliphatic heterocycles. The molecule has 2 N–H and O–H groups in total. The Balaban J connectivity index is 2.07. The van der Waals surface area contributed by atoms with E-state index >= 15 is 0 Å². The molecule has 1 saturated heterocycles. The number of aromatic amines is 1. The maximum absolute atomic E-state index is 12.0. The number of hydrogen-bond acceptors (Lipinski definition) is 3. The quantitative estimate of drug-likeness (QED) is 0.791. The first-order valence-corrected chi connectivity index (χ1v) is 5.62. The largest absolute Gasteiger partial charge is 0.481 e. The number of amides is 1. The molecule has 92 valence electrons. The molecule has 2 heterocycles. The number of carboxylic acid groups (broad SMARTS) is 1. The zero-order valence-electron chi connectivity index (χ0n) is 9.64. The van der Waals surface area contributed by atoms with Gasteiger partial charge in [-0.25, -0.2) is 0 Å². The van der Waals surface area contributed by atoms with Gasteiger partial charge >= 0.3 is 5.97 Å². The third-order valence-corrected chi connectivity index (χ3v) is 2.98. The van der Waals surface area contributed by atoms with Gasteiger partial charge in [-0.05, 0) is 25.8 Å². The van der Waals surface area contributed by atoms with E-state index in [2.05, 4.69) is 10.2 Å². The van der Waals surface area contributed by atoms with Gasteiger partial charge in [0.05, 0.1) is 5.92 Å². The molecular weight excluding hydrogens is 222 g/mol. The van der Waals surface area contributed by atoms with Crippen molar-refractivity contribution in [2.75, 3.05) is 13.1 Å². The van der Waals surface area contributed by atoms with E-state index in [9.17, 15) is 9.59 Å². The van der Waals surface area contributed by atoms with E-state index in [1.807, 2.05) is 6.92 Å². The van der Waals surface area contributed by atoms with Crippen LogP contribution >= 0.6 is 0 Å². The Morgan fingerprint density at radius 1 is 1.59 bits per heavy atom. The molecule has 2 rings (SSSR count). The van der Waals surface area contributed by atoms with Crippen LogP contribution in [0.5, 0.6) is 0 Å². The van der Waals surface area contributed by atoms with Gasteiger partial charge in [-0.15, -0.1) is 0 Å². The normalized spacial score (nSPS) is 20.3. The highest BCUT2D eigenvalue weighted by atomic mass is 16.4. The number of carbonyl (C=O) groups is 2. The fourth-order valence-corrected chi connectivity index (χ4v) is 2.05. The molecule has 6 heteroatoms. The fourth-order valence-electron chi connectivity index (χ4n) is 2.05. The molecule has 0 aromatic carbocycles. The Kier molecular flexibility index (Phi) is 3.12. The Hall–Kier alpha value is -1.85. The van der Waals surface area contributed by atoms with E-state index in [1.165, 1.54) is 0 Å². The molecular formula is C11H15N3O3. The summed E-state index contributed by atoms with van der Waals surface area (Å²) in [6.07, 6.45) is 1.37. The molecule has 1 fully saturated rings. The van der Waals surface area contributed by atoms with E-state index in [1.54, 1.807) is 11.0 Å². The zero-order valence-corrected chi connectivity index (χ0v) is 9.64. The van der Waals surface area contributed by atoms with Crippen LogP contribution in [0.15, 0.2) is 6.07 Å². The SMILES string of the molecule is Cc1cc(C(=O)N2CCCC(C(=O)O)C2)n[nH]1. The summed E-state index contributed by atoms with van der Waals surface area (Å²) in [7, 11) is 0. The van der Waals surface area contributed by atoms with Gasteiger partial charge in [0.15, 0.2) is 0 Å². The molecule has 0 spiro atoms. The molecule has 1 unspecified atom stereocenters. The number of rotatable bonds is 2. The Morgan fingerprint density at radius 2 is 2.35 bits per heavy atom. The van der Waals surface area contributed by atoms with Gasteiger partial charge in [-0.2, -0.15) is 5.10 Å². The number of nitrogens with one attached hydrogen (secondary N) is 1. The first-order chi connectivity index (χ1) is 8.08. The van der Waals surface area contributed by atoms with Crippen molar-refractivity contribution in [2.45, 2.75) is 19.8 Å². The number of likely N-dealkylation sites (tertiary alicyclic amines) is 1. The lowest BCUT2D eigenvalue weighted by Gasteiger charge is -2.30. The van der Waals surface area contributed by atoms with Crippen LogP contribution in [-0.4, -0.2) is 45.2 Å². The molecule has 6 nitrogen and oxygen atoms in total. The number of H-pyrrole nitrogens is 1. The second-order valence-electron chi connectivity index (χ2n) is 4.36. The molecule has 1 atom stereocenters. The summed E-state index contributed by atoms with van der Waals surface area (Å²) in [6.45, 7) is 2.70. The number of aromatic nitrogens is 2. The number of nitrogens with zero attached hydrogens (tertiary/aromatic N) is 2. The number of aliphatic carboxylic acids is 1. The van der Waals surface area contributed by atoms with Crippen LogP contribution < -0.4 is 0 Å². The summed E-state index contributed by atoms with van der Waals surface area (Å²) in [6, 6.07) is 1.67. The maximum atomic E-state index is 12.0. The molecule has 1 aromatic rings. The smallest absolute Gasteiger partial charge is 0.308 e. The van der Waals surface area contributed by atoms with Crippen LogP contribution in [0.3, 0.4) is 0 Å². The standard InChI is InChI=1S/C11H15N3O3/c1-7-5-9(13-12-7)10(15)14-4-2-3-8(6-14)11(16)17/h5,8H,2-4,6H2,1H3,(H,12,13)(H,16,17). The minimum atomic E-state index is -0.833. The Morgan fingerprint density at radius 3 is 2.94 bits per heavy atom. The van der Waals surface area contributed by atoms with Gasteiger partial charge in [0.1, 0.15) is 5.69 Å². The van der Waals surface area contributed by atoms with E-state index in [4.69, 9.17) is 5.11 Å².